The molecule has 1 aliphatic rings. The number of rotatable bonds is 3. The summed E-state index contributed by atoms with van der Waals surface area (Å²) in [6, 6.07) is 0. The Morgan fingerprint density at radius 1 is 1.39 bits per heavy atom. The summed E-state index contributed by atoms with van der Waals surface area (Å²) in [5.41, 5.74) is 0.533. The van der Waals surface area contributed by atoms with Crippen molar-refractivity contribution in [3.63, 3.8) is 0 Å². The molecule has 0 saturated heterocycles. The van der Waals surface area contributed by atoms with Crippen LogP contribution >= 0.6 is 0 Å². The molecule has 0 radical (unpaired) electrons. The van der Waals surface area contributed by atoms with Crippen LogP contribution in [0.25, 0.3) is 0 Å². The summed E-state index contributed by atoms with van der Waals surface area (Å²) in [6.07, 6.45) is 5.49. The maximum atomic E-state index is 11.9. The number of carbonyl (C=O) groups is 1. The number of aromatic nitrogens is 2. The molecule has 1 aliphatic carbocycles. The van der Waals surface area contributed by atoms with Gasteiger partial charge in [-0.15, -0.1) is 0 Å². The predicted molar refractivity (Wildman–Crippen MR) is 66.8 cm³/mol. The zero-order valence-electron chi connectivity index (χ0n) is 11.1. The summed E-state index contributed by atoms with van der Waals surface area (Å²) in [7, 11) is 0. The van der Waals surface area contributed by atoms with Crippen LogP contribution < -0.4 is 5.32 Å². The second kappa shape index (κ2) is 4.92. The van der Waals surface area contributed by atoms with Crippen molar-refractivity contribution >= 4 is 5.91 Å². The highest BCUT2D eigenvalue weighted by atomic mass is 16.5. The van der Waals surface area contributed by atoms with Crippen LogP contribution in [-0.2, 0) is 10.3 Å². The molecule has 1 N–H and O–H groups in total. The Balaban J connectivity index is 2.23. The smallest absolute Gasteiger partial charge is 0.244 e. The predicted octanol–water partition coefficient (Wildman–Crippen LogP) is 2.23. The van der Waals surface area contributed by atoms with Crippen molar-refractivity contribution in [1.82, 2.24) is 15.5 Å². The summed E-state index contributed by atoms with van der Waals surface area (Å²) in [5.74, 6) is 1.06. The number of nitrogens with one attached hydrogen (secondary N) is 1. The molecule has 1 aromatic rings. The van der Waals surface area contributed by atoms with Gasteiger partial charge in [0.15, 0.2) is 5.82 Å². The number of hydrogen-bond donors (Lipinski definition) is 1. The van der Waals surface area contributed by atoms with Crippen molar-refractivity contribution in [2.45, 2.75) is 52.0 Å². The lowest BCUT2D eigenvalue weighted by molar-refractivity contribution is -0.118. The molecule has 0 aliphatic heterocycles. The van der Waals surface area contributed by atoms with Crippen molar-refractivity contribution in [2.24, 2.45) is 0 Å². The van der Waals surface area contributed by atoms with E-state index in [1.807, 2.05) is 13.8 Å². The summed E-state index contributed by atoms with van der Waals surface area (Å²) >= 11 is 0. The number of nitrogens with zero attached hydrogens (tertiary/aromatic N) is 2. The summed E-state index contributed by atoms with van der Waals surface area (Å²) in [6.45, 7) is 5.57. The van der Waals surface area contributed by atoms with Gasteiger partial charge in [0, 0.05) is 13.0 Å². The van der Waals surface area contributed by atoms with E-state index in [0.717, 1.165) is 31.3 Å². The van der Waals surface area contributed by atoms with E-state index in [-0.39, 0.29) is 5.91 Å². The standard InChI is InChI=1S/C13H19N3O2/c1-9(2)8-11(17)15-13(6-4-5-7-13)12-14-10(3)18-16-12/h8H,4-7H2,1-3H3,(H,15,17). The highest BCUT2D eigenvalue weighted by Gasteiger charge is 2.40. The minimum atomic E-state index is -0.444. The molecule has 0 atom stereocenters. The Hall–Kier alpha value is -1.65. The van der Waals surface area contributed by atoms with Crippen LogP contribution in [0.15, 0.2) is 16.2 Å². The second-order valence-corrected chi connectivity index (χ2v) is 5.14. The zero-order valence-corrected chi connectivity index (χ0v) is 11.1. The Labute approximate surface area is 107 Å². The Kier molecular flexibility index (Phi) is 3.50. The zero-order chi connectivity index (χ0) is 13.2. The van der Waals surface area contributed by atoms with Gasteiger partial charge in [-0.2, -0.15) is 4.98 Å². The molecule has 18 heavy (non-hydrogen) atoms. The molecular formula is C13H19N3O2. The van der Waals surface area contributed by atoms with Crippen LogP contribution in [0.4, 0.5) is 0 Å². The fourth-order valence-electron chi connectivity index (χ4n) is 2.41. The van der Waals surface area contributed by atoms with E-state index in [2.05, 4.69) is 15.5 Å². The molecule has 5 heteroatoms. The van der Waals surface area contributed by atoms with Gasteiger partial charge in [0.2, 0.25) is 11.8 Å². The molecule has 1 heterocycles. The topological polar surface area (TPSA) is 68.0 Å². The molecule has 1 aromatic heterocycles. The van der Waals surface area contributed by atoms with E-state index in [1.165, 1.54) is 0 Å². The van der Waals surface area contributed by atoms with E-state index in [4.69, 9.17) is 4.52 Å². The molecule has 0 spiro atoms. The first-order chi connectivity index (χ1) is 8.52. The lowest BCUT2D eigenvalue weighted by Gasteiger charge is -2.26. The van der Waals surface area contributed by atoms with Crippen molar-refractivity contribution in [2.75, 3.05) is 0 Å². The quantitative estimate of drug-likeness (QED) is 0.834. The molecule has 0 bridgehead atoms. The van der Waals surface area contributed by atoms with E-state index in [0.29, 0.717) is 11.7 Å². The van der Waals surface area contributed by atoms with E-state index in [9.17, 15) is 4.79 Å². The third-order valence-corrected chi connectivity index (χ3v) is 3.19. The second-order valence-electron chi connectivity index (χ2n) is 5.14. The molecule has 5 nitrogen and oxygen atoms in total. The highest BCUT2D eigenvalue weighted by Crippen LogP contribution is 2.37. The average molecular weight is 249 g/mol. The molecule has 0 unspecified atom stereocenters. The van der Waals surface area contributed by atoms with Crippen molar-refractivity contribution in [1.29, 1.82) is 0 Å². The summed E-state index contributed by atoms with van der Waals surface area (Å²) < 4.78 is 5.04. The molecule has 1 saturated carbocycles. The SMILES string of the molecule is CC(C)=CC(=O)NC1(c2noc(C)n2)CCCC1. The number of aryl methyl sites for hydroxylation is 1. The lowest BCUT2D eigenvalue weighted by Crippen LogP contribution is -2.44. The Morgan fingerprint density at radius 2 is 2.06 bits per heavy atom. The van der Waals surface area contributed by atoms with Crippen LogP contribution in [0.5, 0.6) is 0 Å². The van der Waals surface area contributed by atoms with Gasteiger partial charge in [-0.1, -0.05) is 23.6 Å². The third-order valence-electron chi connectivity index (χ3n) is 3.19. The molecular weight excluding hydrogens is 230 g/mol. The number of amides is 1. The van der Waals surface area contributed by atoms with Gasteiger partial charge in [-0.3, -0.25) is 4.79 Å². The fraction of sp³-hybridized carbons (Fsp3) is 0.615. The van der Waals surface area contributed by atoms with Gasteiger partial charge < -0.3 is 9.84 Å². The van der Waals surface area contributed by atoms with Gasteiger partial charge in [0.1, 0.15) is 5.54 Å². The molecule has 0 aromatic carbocycles. The Morgan fingerprint density at radius 3 is 2.56 bits per heavy atom. The van der Waals surface area contributed by atoms with Crippen LogP contribution in [0.2, 0.25) is 0 Å². The molecule has 2 rings (SSSR count). The van der Waals surface area contributed by atoms with Gasteiger partial charge in [-0.25, -0.2) is 0 Å². The first-order valence-corrected chi connectivity index (χ1v) is 6.30. The number of allylic oxidation sites excluding steroid dienone is 1. The number of carbonyl (C=O) groups excluding carboxylic acids is 1. The first kappa shape index (κ1) is 12.8. The minimum Gasteiger partial charge on any atom is -0.340 e. The minimum absolute atomic E-state index is 0.0839. The molecule has 1 fully saturated rings. The van der Waals surface area contributed by atoms with E-state index < -0.39 is 5.54 Å². The summed E-state index contributed by atoms with van der Waals surface area (Å²) in [4.78, 5) is 16.2. The van der Waals surface area contributed by atoms with Gasteiger partial charge in [-0.05, 0) is 26.7 Å². The monoisotopic (exact) mass is 249 g/mol. The van der Waals surface area contributed by atoms with Crippen LogP contribution in [0, 0.1) is 6.92 Å². The maximum Gasteiger partial charge on any atom is 0.244 e. The molecule has 1 amide bonds. The van der Waals surface area contributed by atoms with E-state index >= 15 is 0 Å². The summed E-state index contributed by atoms with van der Waals surface area (Å²) in [5, 5.41) is 7.03. The van der Waals surface area contributed by atoms with Crippen molar-refractivity contribution in [3.8, 4) is 0 Å². The van der Waals surface area contributed by atoms with Gasteiger partial charge in [0.25, 0.3) is 0 Å². The highest BCUT2D eigenvalue weighted by molar-refractivity contribution is 5.88. The normalized spacial score (nSPS) is 17.5. The number of hydrogen-bond acceptors (Lipinski definition) is 4. The third kappa shape index (κ3) is 2.60. The van der Waals surface area contributed by atoms with Crippen LogP contribution in [-0.4, -0.2) is 16.0 Å². The molecule has 98 valence electrons. The van der Waals surface area contributed by atoms with Gasteiger partial charge in [0.05, 0.1) is 0 Å². The van der Waals surface area contributed by atoms with E-state index in [1.54, 1.807) is 13.0 Å². The van der Waals surface area contributed by atoms with Crippen molar-refractivity contribution in [3.05, 3.63) is 23.4 Å². The largest absolute Gasteiger partial charge is 0.340 e. The van der Waals surface area contributed by atoms with Gasteiger partial charge >= 0.3 is 0 Å². The maximum absolute atomic E-state index is 11.9. The van der Waals surface area contributed by atoms with Crippen LogP contribution in [0.1, 0.15) is 51.2 Å². The van der Waals surface area contributed by atoms with Crippen molar-refractivity contribution < 1.29 is 9.32 Å². The lowest BCUT2D eigenvalue weighted by atomic mass is 9.96. The Bertz CT molecular complexity index is 466. The van der Waals surface area contributed by atoms with Crippen LogP contribution in [0.3, 0.4) is 0 Å². The average Bonchev–Trinajstić information content (AvgIpc) is 2.86. The first-order valence-electron chi connectivity index (χ1n) is 6.30. The fourth-order valence-corrected chi connectivity index (χ4v) is 2.41.